The monoisotopic (exact) mass is 560 g/mol. The first-order valence-corrected chi connectivity index (χ1v) is 15.3. The lowest BCUT2D eigenvalue weighted by molar-refractivity contribution is -0.0463. The molecule has 196 valence electrons. The van der Waals surface area contributed by atoms with Gasteiger partial charge in [0.2, 0.25) is 16.0 Å². The van der Waals surface area contributed by atoms with Crippen LogP contribution in [0.1, 0.15) is 23.4 Å². The van der Waals surface area contributed by atoms with E-state index in [2.05, 4.69) is 25.3 Å². The fraction of sp³-hybridized carbons (Fsp3) is 0.375. The van der Waals surface area contributed by atoms with Gasteiger partial charge in [0.1, 0.15) is 16.9 Å². The summed E-state index contributed by atoms with van der Waals surface area (Å²) in [6, 6.07) is 11.8. The average molecular weight is 561 g/mol. The predicted octanol–water partition coefficient (Wildman–Crippen LogP) is 3.16. The molecule has 13 heteroatoms. The van der Waals surface area contributed by atoms with Crippen LogP contribution in [0, 0.1) is 12.8 Å². The van der Waals surface area contributed by atoms with Crippen molar-refractivity contribution in [3.05, 3.63) is 52.3 Å². The van der Waals surface area contributed by atoms with Gasteiger partial charge in [-0.1, -0.05) is 18.2 Å². The number of aryl methyl sites for hydroxylation is 1. The number of anilines is 2. The van der Waals surface area contributed by atoms with Crippen LogP contribution in [0.5, 0.6) is 0 Å². The number of aromatic nitrogens is 3. The molecule has 0 saturated heterocycles. The van der Waals surface area contributed by atoms with Crippen molar-refractivity contribution in [2.75, 3.05) is 23.4 Å². The third-order valence-electron chi connectivity index (χ3n) is 6.37. The van der Waals surface area contributed by atoms with Crippen LogP contribution in [-0.2, 0) is 16.6 Å². The van der Waals surface area contributed by atoms with Crippen LogP contribution in [0.2, 0.25) is 0 Å². The number of hydrogen-bond donors (Lipinski definition) is 5. The maximum atomic E-state index is 11.5. The Kier molecular flexibility index (Phi) is 7.18. The normalized spacial score (nSPS) is 21.9. The number of hydrogen-bond acceptors (Lipinski definition) is 11. The number of thiazole rings is 1. The first-order chi connectivity index (χ1) is 17.6. The van der Waals surface area contributed by atoms with Crippen molar-refractivity contribution in [3.63, 3.8) is 0 Å². The molecule has 10 nitrogen and oxygen atoms in total. The molecule has 3 atom stereocenters. The molecular formula is C24H28N6O4S3. The molecule has 0 aliphatic heterocycles. The largest absolute Gasteiger partial charge is 0.388 e. The number of nitrogens with one attached hydrogen (secondary N) is 3. The molecule has 1 aromatic carbocycles. The van der Waals surface area contributed by atoms with Crippen LogP contribution >= 0.6 is 22.7 Å². The third-order valence-corrected chi connectivity index (χ3v) is 8.99. The summed E-state index contributed by atoms with van der Waals surface area (Å²) in [6.07, 6.45) is 0.488. The Balaban J connectivity index is 1.49. The molecular weight excluding hydrogens is 533 g/mol. The molecule has 1 fully saturated rings. The molecule has 3 unspecified atom stereocenters. The molecule has 37 heavy (non-hydrogen) atoms. The maximum absolute atomic E-state index is 11.5. The SMILES string of the molecule is Cc1nc(NCc2cccs2)nc(NC2(O)CCC(CNS(C)(=O)=O)C2O)c1-c1nc2ccccc2s1. The highest BCUT2D eigenvalue weighted by Gasteiger charge is 2.47. The number of para-hydroxylation sites is 1. The highest BCUT2D eigenvalue weighted by molar-refractivity contribution is 7.88. The minimum Gasteiger partial charge on any atom is -0.388 e. The summed E-state index contributed by atoms with van der Waals surface area (Å²) >= 11 is 3.12. The highest BCUT2D eigenvalue weighted by Crippen LogP contribution is 2.40. The molecule has 1 saturated carbocycles. The first-order valence-electron chi connectivity index (χ1n) is 11.8. The Bertz CT molecular complexity index is 1480. The fourth-order valence-electron chi connectivity index (χ4n) is 4.47. The lowest BCUT2D eigenvalue weighted by Crippen LogP contribution is -2.49. The van der Waals surface area contributed by atoms with Gasteiger partial charge in [0.05, 0.1) is 34.3 Å². The Hall–Kier alpha value is -2.68. The number of nitrogens with zero attached hydrogens (tertiary/aromatic N) is 3. The van der Waals surface area contributed by atoms with E-state index in [0.717, 1.165) is 21.3 Å². The quantitative estimate of drug-likeness (QED) is 0.195. The summed E-state index contributed by atoms with van der Waals surface area (Å²) < 4.78 is 26.5. The summed E-state index contributed by atoms with van der Waals surface area (Å²) in [7, 11) is -3.42. The van der Waals surface area contributed by atoms with Crippen molar-refractivity contribution in [1.29, 1.82) is 0 Å². The van der Waals surface area contributed by atoms with Crippen molar-refractivity contribution in [3.8, 4) is 10.6 Å². The zero-order valence-corrected chi connectivity index (χ0v) is 22.8. The predicted molar refractivity (Wildman–Crippen MR) is 147 cm³/mol. The van der Waals surface area contributed by atoms with Gasteiger partial charge in [-0.2, -0.15) is 4.98 Å². The van der Waals surface area contributed by atoms with Gasteiger partial charge in [-0.15, -0.1) is 22.7 Å². The number of aliphatic hydroxyl groups excluding tert-OH is 1. The van der Waals surface area contributed by atoms with Gasteiger partial charge in [0.25, 0.3) is 0 Å². The molecule has 0 spiro atoms. The van der Waals surface area contributed by atoms with Crippen LogP contribution in [-0.4, -0.2) is 58.2 Å². The molecule has 1 aliphatic rings. The molecule has 3 heterocycles. The lowest BCUT2D eigenvalue weighted by atomic mass is 10.0. The second-order valence-electron chi connectivity index (χ2n) is 9.19. The Morgan fingerprint density at radius 1 is 1.16 bits per heavy atom. The summed E-state index contributed by atoms with van der Waals surface area (Å²) in [6.45, 7) is 2.44. The van der Waals surface area contributed by atoms with Crippen molar-refractivity contribution in [1.82, 2.24) is 19.7 Å². The van der Waals surface area contributed by atoms with Crippen LogP contribution < -0.4 is 15.4 Å². The van der Waals surface area contributed by atoms with E-state index in [-0.39, 0.29) is 13.0 Å². The second kappa shape index (κ2) is 10.2. The number of fused-ring (bicyclic) bond motifs is 1. The molecule has 5 N–H and O–H groups in total. The number of aliphatic hydroxyl groups is 2. The number of benzene rings is 1. The second-order valence-corrected chi connectivity index (χ2v) is 13.1. The van der Waals surface area contributed by atoms with Gasteiger partial charge in [-0.25, -0.2) is 23.1 Å². The van der Waals surface area contributed by atoms with Crippen molar-refractivity contribution in [2.24, 2.45) is 5.92 Å². The molecule has 0 radical (unpaired) electrons. The summed E-state index contributed by atoms with van der Waals surface area (Å²) in [5.41, 5.74) is 0.443. The van der Waals surface area contributed by atoms with Gasteiger partial charge in [-0.05, 0) is 43.3 Å². The van der Waals surface area contributed by atoms with Gasteiger partial charge < -0.3 is 20.8 Å². The molecule has 5 rings (SSSR count). The average Bonchev–Trinajstić information content (AvgIpc) is 3.56. The molecule has 1 aliphatic carbocycles. The maximum Gasteiger partial charge on any atom is 0.225 e. The highest BCUT2D eigenvalue weighted by atomic mass is 32.2. The summed E-state index contributed by atoms with van der Waals surface area (Å²) in [5, 5.41) is 31.5. The van der Waals surface area contributed by atoms with E-state index in [1.165, 1.54) is 11.3 Å². The van der Waals surface area contributed by atoms with Gasteiger partial charge in [0, 0.05) is 17.3 Å². The Morgan fingerprint density at radius 2 is 1.97 bits per heavy atom. The van der Waals surface area contributed by atoms with Crippen molar-refractivity contribution < 1.29 is 18.6 Å². The van der Waals surface area contributed by atoms with Crippen LogP contribution in [0.15, 0.2) is 41.8 Å². The number of rotatable bonds is 9. The van der Waals surface area contributed by atoms with Crippen molar-refractivity contribution in [2.45, 2.75) is 38.1 Å². The molecule has 3 aromatic heterocycles. The van der Waals surface area contributed by atoms with E-state index >= 15 is 0 Å². The number of sulfonamides is 1. The summed E-state index contributed by atoms with van der Waals surface area (Å²) in [5.74, 6) is 0.264. The number of thiophene rings is 1. The van der Waals surface area contributed by atoms with E-state index in [4.69, 9.17) is 4.98 Å². The van der Waals surface area contributed by atoms with Gasteiger partial charge >= 0.3 is 0 Å². The van der Waals surface area contributed by atoms with Gasteiger partial charge in [-0.3, -0.25) is 0 Å². The minimum atomic E-state index is -3.42. The van der Waals surface area contributed by atoms with Gasteiger partial charge in [0.15, 0.2) is 5.72 Å². The first kappa shape index (κ1) is 25.9. The van der Waals surface area contributed by atoms with E-state index < -0.39 is 27.8 Å². The van der Waals surface area contributed by atoms with E-state index in [1.54, 1.807) is 11.3 Å². The fourth-order valence-corrected chi connectivity index (χ4v) is 6.70. The Morgan fingerprint density at radius 3 is 2.70 bits per heavy atom. The topological polar surface area (TPSA) is 149 Å². The minimum absolute atomic E-state index is 0.0329. The molecule has 0 amide bonds. The molecule has 0 bridgehead atoms. The standard InChI is InChI=1S/C24H28N6O4S3/c1-14-19(22-28-17-7-3-4-8-18(17)36-22)21(29-23(27-14)25-13-16-6-5-11-35-16)30-24(32)10-9-15(20(24)31)12-26-37(2,33)34/h3-8,11,15,20,26,31-32H,9-10,12-13H2,1-2H3,(H2,25,27,29,30). The zero-order valence-electron chi connectivity index (χ0n) is 20.3. The zero-order chi connectivity index (χ0) is 26.2. The van der Waals surface area contributed by atoms with E-state index in [0.29, 0.717) is 41.0 Å². The third kappa shape index (κ3) is 5.76. The van der Waals surface area contributed by atoms with Crippen molar-refractivity contribution >= 4 is 54.7 Å². The molecule has 4 aromatic rings. The lowest BCUT2D eigenvalue weighted by Gasteiger charge is -2.31. The van der Waals surface area contributed by atoms with E-state index in [9.17, 15) is 18.6 Å². The summed E-state index contributed by atoms with van der Waals surface area (Å²) in [4.78, 5) is 15.2. The Labute approximate surface area is 222 Å². The van der Waals surface area contributed by atoms with Crippen LogP contribution in [0.3, 0.4) is 0 Å². The van der Waals surface area contributed by atoms with Crippen LogP contribution in [0.4, 0.5) is 11.8 Å². The van der Waals surface area contributed by atoms with E-state index in [1.807, 2.05) is 48.7 Å². The van der Waals surface area contributed by atoms with Crippen LogP contribution in [0.25, 0.3) is 20.8 Å². The smallest absolute Gasteiger partial charge is 0.225 e.